The number of amides is 10. The van der Waals surface area contributed by atoms with Crippen molar-refractivity contribution in [3.05, 3.63) is 65.5 Å². The number of nitrogens with two attached hydrogens (primary N) is 6. The van der Waals surface area contributed by atoms with Gasteiger partial charge in [-0.15, -0.1) is 0 Å². The number of carbonyl (C=O) groups is 10. The zero-order valence-electron chi connectivity index (χ0n) is 46.6. The first kappa shape index (κ1) is 66.7. The number of rotatable bonds is 34. The fraction of sp³-hybridized carbons (Fsp3) is 0.547. The van der Waals surface area contributed by atoms with Crippen molar-refractivity contribution in [1.29, 1.82) is 0 Å². The van der Waals surface area contributed by atoms with Crippen molar-refractivity contribution in [2.75, 3.05) is 26.2 Å². The Morgan fingerprint density at radius 1 is 0.617 bits per heavy atom. The summed E-state index contributed by atoms with van der Waals surface area (Å²) in [7, 11) is 0. The Balaban J connectivity index is 1.83. The summed E-state index contributed by atoms with van der Waals surface area (Å²) in [5, 5.41) is 18.3. The van der Waals surface area contributed by atoms with Gasteiger partial charge in [0, 0.05) is 38.9 Å². The summed E-state index contributed by atoms with van der Waals surface area (Å²) in [6.45, 7) is 8.91. The summed E-state index contributed by atoms with van der Waals surface area (Å²) in [6.07, 6.45) is 0.141. The molecular weight excluding hydrogens is 1060 g/mol. The minimum absolute atomic E-state index is 0.00383. The van der Waals surface area contributed by atoms with Crippen LogP contribution < -0.4 is 76.4 Å². The summed E-state index contributed by atoms with van der Waals surface area (Å²) in [5.41, 5.74) is 33.9. The molecule has 0 aliphatic carbocycles. The standard InChI is InChI=1S/C53H81FN16O11/c1-6-34(51(80)70-25-11-14-40(70)49(78)66-36(13-10-24-62-53(59)60)45(74)65-35(44(56)73)12-9-23-61-52(57)58)64-47(76)39(28-41(55)71)68-50(79)43(29(4)5)69-48(77)38(27-30-15-19-32(54)20-16-30)67-46(75)37(63-42(72)7-2)26-31-17-21-33(22-18-31)81-8-3/h15-22,29,34-40,43H,6-14,23-28H2,1-5H3,(H2,55,71)(H2,56,73)(H,63,72)(H,64,76)(H,65,74)(H,66,78)(H,67,75)(H,68,79)(H,69,77)(H4,57,58,61)(H4,59,60,62)/t34-,35-,36-,37+,38-,39-,40-,43-/m0/s1. The van der Waals surface area contributed by atoms with Crippen LogP contribution in [0.1, 0.15) is 104 Å². The van der Waals surface area contributed by atoms with Crippen LogP contribution in [0.4, 0.5) is 4.39 Å². The quantitative estimate of drug-likeness (QED) is 0.0193. The van der Waals surface area contributed by atoms with Gasteiger partial charge < -0.3 is 81.3 Å². The lowest BCUT2D eigenvalue weighted by atomic mass is 9.99. The number of benzene rings is 2. The molecule has 2 aromatic rings. The highest BCUT2D eigenvalue weighted by Gasteiger charge is 2.40. The number of halogens is 1. The van der Waals surface area contributed by atoms with Crippen LogP contribution in [0.3, 0.4) is 0 Å². The third kappa shape index (κ3) is 23.0. The van der Waals surface area contributed by atoms with Crippen LogP contribution in [0.5, 0.6) is 5.75 Å². The lowest BCUT2D eigenvalue weighted by Crippen LogP contribution is -2.61. The van der Waals surface area contributed by atoms with Crippen molar-refractivity contribution in [3.63, 3.8) is 0 Å². The molecule has 3 rings (SSSR count). The van der Waals surface area contributed by atoms with Crippen LogP contribution >= 0.6 is 0 Å². The molecule has 19 N–H and O–H groups in total. The number of hydrogen-bond acceptors (Lipinski definition) is 13. The van der Waals surface area contributed by atoms with Crippen LogP contribution in [-0.4, -0.2) is 150 Å². The summed E-state index contributed by atoms with van der Waals surface area (Å²) in [5.74, 6) is -9.08. The highest BCUT2D eigenvalue weighted by molar-refractivity contribution is 5.99. The molecule has 0 saturated carbocycles. The van der Waals surface area contributed by atoms with E-state index in [1.54, 1.807) is 52.0 Å². The van der Waals surface area contributed by atoms with Gasteiger partial charge in [-0.05, 0) is 93.2 Å². The van der Waals surface area contributed by atoms with Gasteiger partial charge in [-0.25, -0.2) is 4.39 Å². The van der Waals surface area contributed by atoms with Gasteiger partial charge >= 0.3 is 0 Å². The minimum Gasteiger partial charge on any atom is -0.494 e. The first-order valence-corrected chi connectivity index (χ1v) is 26.9. The smallest absolute Gasteiger partial charge is 0.245 e. The van der Waals surface area contributed by atoms with E-state index in [9.17, 15) is 52.3 Å². The number of aliphatic imine (C=N–C) groups is 2. The van der Waals surface area contributed by atoms with Crippen LogP contribution in [0.25, 0.3) is 0 Å². The van der Waals surface area contributed by atoms with Gasteiger partial charge in [0.2, 0.25) is 59.1 Å². The predicted octanol–water partition coefficient (Wildman–Crippen LogP) is -2.66. The second-order valence-corrected chi connectivity index (χ2v) is 19.7. The molecule has 1 fully saturated rings. The average Bonchev–Trinajstić information content (AvgIpc) is 3.98. The molecule has 1 heterocycles. The SMILES string of the molecule is CCOc1ccc(C[C@@H](NC(=O)CC)C(=O)N[C@@H](Cc2ccc(F)cc2)C(=O)N[C@H](C(=O)N[C@@H](CC(N)=O)C(=O)N[C@@H](CC)C(=O)N2CCC[C@H]2C(=O)N[C@@H](CCCN=C(N)N)C(=O)N[C@@H](CCCN=C(N)N)C(N)=O)C(C)C)cc1. The van der Waals surface area contributed by atoms with Gasteiger partial charge in [0.25, 0.3) is 0 Å². The molecule has 0 unspecified atom stereocenters. The number of nitrogens with zero attached hydrogens (tertiary/aromatic N) is 3. The molecule has 27 nitrogen and oxygen atoms in total. The van der Waals surface area contributed by atoms with Crippen molar-refractivity contribution in [2.45, 2.75) is 154 Å². The Bertz CT molecular complexity index is 2540. The molecule has 81 heavy (non-hydrogen) atoms. The van der Waals surface area contributed by atoms with Gasteiger partial charge in [-0.3, -0.25) is 57.9 Å². The molecule has 8 atom stereocenters. The number of ether oxygens (including phenoxy) is 1. The third-order valence-electron chi connectivity index (χ3n) is 13.0. The number of carbonyl (C=O) groups excluding carboxylic acids is 10. The zero-order valence-corrected chi connectivity index (χ0v) is 46.6. The largest absolute Gasteiger partial charge is 0.494 e. The van der Waals surface area contributed by atoms with E-state index in [1.165, 1.54) is 29.2 Å². The normalized spacial score (nSPS) is 15.4. The van der Waals surface area contributed by atoms with Crippen molar-refractivity contribution < 1.29 is 57.1 Å². The van der Waals surface area contributed by atoms with Crippen molar-refractivity contribution in [3.8, 4) is 5.75 Å². The van der Waals surface area contributed by atoms with E-state index >= 15 is 0 Å². The Hall–Kier alpha value is -8.59. The molecule has 0 radical (unpaired) electrons. The highest BCUT2D eigenvalue weighted by atomic mass is 19.1. The maximum Gasteiger partial charge on any atom is 0.245 e. The van der Waals surface area contributed by atoms with Crippen LogP contribution in [-0.2, 0) is 60.8 Å². The van der Waals surface area contributed by atoms with E-state index < -0.39 is 126 Å². The first-order valence-electron chi connectivity index (χ1n) is 26.9. The molecule has 1 aliphatic rings. The molecule has 0 aromatic heterocycles. The summed E-state index contributed by atoms with van der Waals surface area (Å²) >= 11 is 0. The molecule has 2 aromatic carbocycles. The highest BCUT2D eigenvalue weighted by Crippen LogP contribution is 2.21. The molecule has 28 heteroatoms. The third-order valence-corrected chi connectivity index (χ3v) is 13.0. The Labute approximate surface area is 470 Å². The Morgan fingerprint density at radius 2 is 1.11 bits per heavy atom. The lowest BCUT2D eigenvalue weighted by Gasteiger charge is -2.31. The monoisotopic (exact) mass is 1140 g/mol. The van der Waals surface area contributed by atoms with Crippen molar-refractivity contribution >= 4 is 71.0 Å². The fourth-order valence-corrected chi connectivity index (χ4v) is 8.64. The lowest BCUT2D eigenvalue weighted by molar-refractivity contribution is -0.143. The number of likely N-dealkylation sites (tertiary alicyclic amines) is 1. The van der Waals surface area contributed by atoms with E-state index in [4.69, 9.17) is 39.1 Å². The molecule has 1 saturated heterocycles. The molecule has 0 bridgehead atoms. The zero-order chi connectivity index (χ0) is 60.3. The minimum atomic E-state index is -1.69. The maximum absolute atomic E-state index is 14.3. The second-order valence-electron chi connectivity index (χ2n) is 19.7. The van der Waals surface area contributed by atoms with E-state index in [2.05, 4.69) is 47.2 Å². The fourth-order valence-electron chi connectivity index (χ4n) is 8.64. The van der Waals surface area contributed by atoms with Crippen molar-refractivity contribution in [2.24, 2.45) is 50.3 Å². The molecule has 10 amide bonds. The first-order chi connectivity index (χ1) is 38.4. The van der Waals surface area contributed by atoms with Gasteiger partial charge in [-0.2, -0.15) is 0 Å². The van der Waals surface area contributed by atoms with Gasteiger partial charge in [-0.1, -0.05) is 52.0 Å². The van der Waals surface area contributed by atoms with Crippen LogP contribution in [0, 0.1) is 11.7 Å². The Kier molecular flexibility index (Phi) is 27.8. The van der Waals surface area contributed by atoms with E-state index in [0.717, 1.165) is 0 Å². The van der Waals surface area contributed by atoms with Gasteiger partial charge in [0.15, 0.2) is 11.9 Å². The summed E-state index contributed by atoms with van der Waals surface area (Å²) in [4.78, 5) is 145. The van der Waals surface area contributed by atoms with Gasteiger partial charge in [0.05, 0.1) is 13.0 Å². The van der Waals surface area contributed by atoms with E-state index in [1.807, 2.05) is 6.92 Å². The predicted molar refractivity (Wildman–Crippen MR) is 298 cm³/mol. The number of guanidine groups is 2. The van der Waals surface area contributed by atoms with Crippen LogP contribution in [0.2, 0.25) is 0 Å². The van der Waals surface area contributed by atoms with E-state index in [0.29, 0.717) is 29.9 Å². The summed E-state index contributed by atoms with van der Waals surface area (Å²) < 4.78 is 19.5. The van der Waals surface area contributed by atoms with Crippen LogP contribution in [0.15, 0.2) is 58.5 Å². The average molecular weight is 1140 g/mol. The molecular formula is C53H81FN16O11. The van der Waals surface area contributed by atoms with E-state index in [-0.39, 0.29) is 89.3 Å². The number of nitrogens with one attached hydrogen (secondary N) is 7. The second kappa shape index (κ2) is 33.8. The van der Waals surface area contributed by atoms with Crippen molar-refractivity contribution in [1.82, 2.24) is 42.1 Å². The Morgan fingerprint density at radius 3 is 1.63 bits per heavy atom. The maximum atomic E-state index is 14.3. The molecule has 446 valence electrons. The van der Waals surface area contributed by atoms with Gasteiger partial charge in [0.1, 0.15) is 59.9 Å². The number of hydrogen-bond donors (Lipinski definition) is 13. The topological polar surface area (TPSA) is 448 Å². The molecule has 0 spiro atoms. The summed E-state index contributed by atoms with van der Waals surface area (Å²) in [6, 6.07) is 1.48. The number of primary amides is 2. The molecule has 1 aliphatic heterocycles.